The highest BCUT2D eigenvalue weighted by Crippen LogP contribution is 2.46. The number of piperazine rings is 1. The smallest absolute Gasteiger partial charge is 0.209 e. The van der Waals surface area contributed by atoms with Crippen molar-refractivity contribution in [1.29, 1.82) is 0 Å². The van der Waals surface area contributed by atoms with Crippen molar-refractivity contribution in [3.8, 4) is 0 Å². The van der Waals surface area contributed by atoms with Crippen LogP contribution in [0.2, 0.25) is 0 Å². The Morgan fingerprint density at radius 3 is 2.33 bits per heavy atom. The zero-order valence-corrected chi connectivity index (χ0v) is 9.27. The van der Waals surface area contributed by atoms with E-state index in [2.05, 4.69) is 4.90 Å². The number of hydrogen-bond donors (Lipinski definition) is 0. The van der Waals surface area contributed by atoms with E-state index in [0.29, 0.717) is 0 Å². The molecule has 3 fully saturated rings. The van der Waals surface area contributed by atoms with Crippen molar-refractivity contribution in [3.05, 3.63) is 0 Å². The summed E-state index contributed by atoms with van der Waals surface area (Å²) >= 11 is 0. The summed E-state index contributed by atoms with van der Waals surface area (Å²) < 4.78 is 0. The standard InChI is InChI=1S/C12H20N2O/c15-9-13-3-5-14(6-4-13)12-8-10-1-2-11(12)7-10/h9-12H,1-8H2/t10-,11+,12+/m1/s1. The zero-order valence-electron chi connectivity index (χ0n) is 9.27. The summed E-state index contributed by atoms with van der Waals surface area (Å²) in [5.74, 6) is 2.02. The maximum absolute atomic E-state index is 10.6. The van der Waals surface area contributed by atoms with Gasteiger partial charge in [0.1, 0.15) is 0 Å². The summed E-state index contributed by atoms with van der Waals surface area (Å²) in [5.41, 5.74) is 0. The maximum Gasteiger partial charge on any atom is 0.209 e. The van der Waals surface area contributed by atoms with Crippen LogP contribution in [0.4, 0.5) is 0 Å². The topological polar surface area (TPSA) is 23.6 Å². The number of carbonyl (C=O) groups excluding carboxylic acids is 1. The molecule has 0 aromatic rings. The molecule has 3 heteroatoms. The highest BCUT2D eigenvalue weighted by atomic mass is 16.1. The number of rotatable bonds is 2. The summed E-state index contributed by atoms with van der Waals surface area (Å²) in [5, 5.41) is 0. The molecule has 3 nitrogen and oxygen atoms in total. The van der Waals surface area contributed by atoms with Gasteiger partial charge in [0.15, 0.2) is 0 Å². The molecule has 2 saturated carbocycles. The van der Waals surface area contributed by atoms with Crippen LogP contribution < -0.4 is 0 Å². The summed E-state index contributed by atoms with van der Waals surface area (Å²) in [6.07, 6.45) is 6.86. The van der Waals surface area contributed by atoms with E-state index in [4.69, 9.17) is 0 Å². The van der Waals surface area contributed by atoms with Gasteiger partial charge in [-0.05, 0) is 31.1 Å². The van der Waals surface area contributed by atoms with Crippen molar-refractivity contribution >= 4 is 6.41 Å². The number of fused-ring (bicyclic) bond motifs is 2. The molecular weight excluding hydrogens is 188 g/mol. The second-order valence-electron chi connectivity index (χ2n) is 5.42. The van der Waals surface area contributed by atoms with Crippen LogP contribution in [0.15, 0.2) is 0 Å². The monoisotopic (exact) mass is 208 g/mol. The van der Waals surface area contributed by atoms with Gasteiger partial charge in [0.05, 0.1) is 0 Å². The van der Waals surface area contributed by atoms with Crippen molar-refractivity contribution in [2.75, 3.05) is 26.2 Å². The highest BCUT2D eigenvalue weighted by Gasteiger charge is 2.42. The van der Waals surface area contributed by atoms with Gasteiger partial charge in [-0.3, -0.25) is 9.69 Å². The van der Waals surface area contributed by atoms with Crippen molar-refractivity contribution in [2.24, 2.45) is 11.8 Å². The largest absolute Gasteiger partial charge is 0.343 e. The van der Waals surface area contributed by atoms with Gasteiger partial charge < -0.3 is 4.90 Å². The number of hydrogen-bond acceptors (Lipinski definition) is 2. The minimum Gasteiger partial charge on any atom is -0.343 e. The Hall–Kier alpha value is -0.570. The summed E-state index contributed by atoms with van der Waals surface area (Å²) in [6, 6.07) is 0.859. The van der Waals surface area contributed by atoms with Gasteiger partial charge in [0.25, 0.3) is 0 Å². The van der Waals surface area contributed by atoms with Crippen LogP contribution >= 0.6 is 0 Å². The fourth-order valence-electron chi connectivity index (χ4n) is 3.83. The van der Waals surface area contributed by atoms with E-state index >= 15 is 0 Å². The molecule has 2 bridgehead atoms. The third-order valence-electron chi connectivity index (χ3n) is 4.67. The van der Waals surface area contributed by atoms with Gasteiger partial charge >= 0.3 is 0 Å². The van der Waals surface area contributed by atoms with Gasteiger partial charge in [-0.25, -0.2) is 0 Å². The van der Waals surface area contributed by atoms with Crippen molar-refractivity contribution in [1.82, 2.24) is 9.80 Å². The molecule has 0 unspecified atom stereocenters. The lowest BCUT2D eigenvalue weighted by atomic mass is 9.93. The number of nitrogens with zero attached hydrogens (tertiary/aromatic N) is 2. The van der Waals surface area contributed by atoms with E-state index in [0.717, 1.165) is 50.5 Å². The number of amides is 1. The van der Waals surface area contributed by atoms with Gasteiger partial charge in [-0.1, -0.05) is 6.42 Å². The van der Waals surface area contributed by atoms with Crippen molar-refractivity contribution in [2.45, 2.75) is 31.7 Å². The molecule has 0 aromatic carbocycles. The van der Waals surface area contributed by atoms with E-state index < -0.39 is 0 Å². The molecule has 15 heavy (non-hydrogen) atoms. The summed E-state index contributed by atoms with van der Waals surface area (Å²) in [4.78, 5) is 15.2. The molecule has 1 aliphatic heterocycles. The average molecular weight is 208 g/mol. The van der Waals surface area contributed by atoms with E-state index in [-0.39, 0.29) is 0 Å². The SMILES string of the molecule is O=CN1CCN([C@H]2C[C@@H]3CC[C@H]2C3)CC1. The molecule has 0 N–H and O–H groups in total. The van der Waals surface area contributed by atoms with E-state index in [9.17, 15) is 4.79 Å². The van der Waals surface area contributed by atoms with Crippen LogP contribution in [-0.4, -0.2) is 48.4 Å². The Morgan fingerprint density at radius 2 is 1.80 bits per heavy atom. The second-order valence-corrected chi connectivity index (χ2v) is 5.42. The zero-order chi connectivity index (χ0) is 10.3. The highest BCUT2D eigenvalue weighted by molar-refractivity contribution is 5.47. The Bertz CT molecular complexity index is 248. The van der Waals surface area contributed by atoms with Gasteiger partial charge in [-0.15, -0.1) is 0 Å². The minimum atomic E-state index is 0.859. The lowest BCUT2D eigenvalue weighted by Gasteiger charge is -2.39. The predicted octanol–water partition coefficient (Wildman–Crippen LogP) is 0.949. The van der Waals surface area contributed by atoms with Crippen LogP contribution in [0.1, 0.15) is 25.7 Å². The van der Waals surface area contributed by atoms with Crippen molar-refractivity contribution < 1.29 is 4.79 Å². The van der Waals surface area contributed by atoms with Crippen LogP contribution in [0.5, 0.6) is 0 Å². The molecule has 1 heterocycles. The first-order chi connectivity index (χ1) is 7.36. The number of carbonyl (C=O) groups is 1. The van der Waals surface area contributed by atoms with Crippen molar-refractivity contribution in [3.63, 3.8) is 0 Å². The molecule has 3 aliphatic rings. The molecule has 1 saturated heterocycles. The summed E-state index contributed by atoms with van der Waals surface area (Å²) in [6.45, 7) is 4.09. The average Bonchev–Trinajstić information content (AvgIpc) is 2.91. The molecule has 0 aromatic heterocycles. The molecular formula is C12H20N2O. The molecule has 0 spiro atoms. The van der Waals surface area contributed by atoms with Crippen LogP contribution in [0.25, 0.3) is 0 Å². The Labute approximate surface area is 91.4 Å². The molecule has 3 rings (SSSR count). The third kappa shape index (κ3) is 1.67. The lowest BCUT2D eigenvalue weighted by Crippen LogP contribution is -2.51. The van der Waals surface area contributed by atoms with Crippen LogP contribution in [0, 0.1) is 11.8 Å². The molecule has 1 amide bonds. The fraction of sp³-hybridized carbons (Fsp3) is 0.917. The maximum atomic E-state index is 10.6. The Kier molecular flexibility index (Phi) is 2.43. The van der Waals surface area contributed by atoms with E-state index in [1.165, 1.54) is 25.7 Å². The minimum absolute atomic E-state index is 0.859. The lowest BCUT2D eigenvalue weighted by molar-refractivity contribution is -0.120. The van der Waals surface area contributed by atoms with Crippen LogP contribution in [0.3, 0.4) is 0 Å². The first-order valence-electron chi connectivity index (χ1n) is 6.30. The first kappa shape index (κ1) is 9.64. The molecule has 0 radical (unpaired) electrons. The third-order valence-corrected chi connectivity index (χ3v) is 4.67. The molecule has 3 atom stereocenters. The second kappa shape index (κ2) is 3.78. The molecule has 84 valence electrons. The Morgan fingerprint density at radius 1 is 1.00 bits per heavy atom. The first-order valence-corrected chi connectivity index (χ1v) is 6.30. The quantitative estimate of drug-likeness (QED) is 0.631. The van der Waals surface area contributed by atoms with Gasteiger partial charge in [0, 0.05) is 32.2 Å². The van der Waals surface area contributed by atoms with Gasteiger partial charge in [0.2, 0.25) is 6.41 Å². The molecule has 2 aliphatic carbocycles. The van der Waals surface area contributed by atoms with Crippen LogP contribution in [-0.2, 0) is 4.79 Å². The Balaban J connectivity index is 1.58. The fourth-order valence-corrected chi connectivity index (χ4v) is 3.83. The normalized spacial score (nSPS) is 41.1. The van der Waals surface area contributed by atoms with Gasteiger partial charge in [-0.2, -0.15) is 0 Å². The van der Waals surface area contributed by atoms with E-state index in [1.807, 2.05) is 4.90 Å². The summed E-state index contributed by atoms with van der Waals surface area (Å²) in [7, 11) is 0. The predicted molar refractivity (Wildman–Crippen MR) is 58.4 cm³/mol. The van der Waals surface area contributed by atoms with E-state index in [1.54, 1.807) is 0 Å².